The van der Waals surface area contributed by atoms with Gasteiger partial charge in [0.15, 0.2) is 0 Å². The fraction of sp³-hybridized carbons (Fsp3) is 0.556. The third kappa shape index (κ3) is 7.79. The van der Waals surface area contributed by atoms with Gasteiger partial charge in [-0.3, -0.25) is 14.5 Å². The van der Waals surface area contributed by atoms with Gasteiger partial charge in [0.2, 0.25) is 11.8 Å². The Kier molecular flexibility index (Phi) is 6.76. The lowest BCUT2D eigenvalue weighted by atomic mass is 10.1. The molecule has 0 bridgehead atoms. The minimum absolute atomic E-state index is 0.00312. The van der Waals surface area contributed by atoms with Gasteiger partial charge in [0.25, 0.3) is 0 Å². The highest BCUT2D eigenvalue weighted by atomic mass is 16.2. The number of aryl methyl sites for hydroxylation is 1. The molecule has 0 unspecified atom stereocenters. The molecule has 0 aliphatic rings. The minimum atomic E-state index is -0.260. The summed E-state index contributed by atoms with van der Waals surface area (Å²) < 4.78 is 0. The van der Waals surface area contributed by atoms with Crippen molar-refractivity contribution in [2.45, 2.75) is 39.8 Å². The van der Waals surface area contributed by atoms with Crippen molar-refractivity contribution < 1.29 is 9.59 Å². The van der Waals surface area contributed by atoms with Crippen LogP contribution < -0.4 is 5.32 Å². The summed E-state index contributed by atoms with van der Waals surface area (Å²) >= 11 is 0. The van der Waals surface area contributed by atoms with Crippen LogP contribution in [0.25, 0.3) is 0 Å². The highest BCUT2D eigenvalue weighted by molar-refractivity contribution is 5.81. The molecule has 0 saturated heterocycles. The molecule has 1 rings (SSSR count). The number of hydrogen-bond donors (Lipinski definition) is 1. The number of hydrogen-bond acceptors (Lipinski definition) is 3. The normalized spacial score (nSPS) is 11.4. The number of nitrogens with zero attached hydrogens (tertiary/aromatic N) is 2. The molecule has 0 fully saturated rings. The molecule has 0 saturated carbocycles. The minimum Gasteiger partial charge on any atom is -0.350 e. The second-order valence-electron chi connectivity index (χ2n) is 7.21. The van der Waals surface area contributed by atoms with Gasteiger partial charge in [0.1, 0.15) is 0 Å². The molecule has 0 aliphatic heterocycles. The van der Waals surface area contributed by atoms with Crippen molar-refractivity contribution >= 4 is 11.8 Å². The van der Waals surface area contributed by atoms with E-state index in [1.165, 1.54) is 5.56 Å². The Morgan fingerprint density at radius 2 is 1.61 bits per heavy atom. The van der Waals surface area contributed by atoms with Gasteiger partial charge in [-0.25, -0.2) is 0 Å². The van der Waals surface area contributed by atoms with Crippen LogP contribution in [0.1, 0.15) is 31.9 Å². The molecule has 1 aromatic carbocycles. The van der Waals surface area contributed by atoms with E-state index in [0.29, 0.717) is 6.54 Å². The zero-order chi connectivity index (χ0) is 17.6. The van der Waals surface area contributed by atoms with Gasteiger partial charge >= 0.3 is 0 Å². The smallest absolute Gasteiger partial charge is 0.236 e. The largest absolute Gasteiger partial charge is 0.350 e. The van der Waals surface area contributed by atoms with Crippen LogP contribution >= 0.6 is 0 Å². The Hall–Kier alpha value is -1.88. The van der Waals surface area contributed by atoms with Crippen LogP contribution in [0.3, 0.4) is 0 Å². The molecule has 128 valence electrons. The Labute approximate surface area is 139 Å². The predicted molar refractivity (Wildman–Crippen MR) is 93.0 cm³/mol. The zero-order valence-corrected chi connectivity index (χ0v) is 15.1. The van der Waals surface area contributed by atoms with Crippen LogP contribution in [-0.4, -0.2) is 54.3 Å². The highest BCUT2D eigenvalue weighted by Gasteiger charge is 2.17. The molecule has 5 heteroatoms. The van der Waals surface area contributed by atoms with E-state index in [1.807, 2.05) is 52.0 Å². The van der Waals surface area contributed by atoms with Crippen LogP contribution in [0.2, 0.25) is 0 Å². The summed E-state index contributed by atoms with van der Waals surface area (Å²) in [6, 6.07) is 8.13. The SMILES string of the molecule is Cc1ccc(CN(C)C(=O)CN(C)CC(=O)NC(C)(C)C)cc1. The van der Waals surface area contributed by atoms with E-state index in [0.717, 1.165) is 5.56 Å². The summed E-state index contributed by atoms with van der Waals surface area (Å²) in [4.78, 5) is 27.5. The molecule has 0 radical (unpaired) electrons. The van der Waals surface area contributed by atoms with Gasteiger partial charge < -0.3 is 10.2 Å². The van der Waals surface area contributed by atoms with E-state index < -0.39 is 0 Å². The summed E-state index contributed by atoms with van der Waals surface area (Å²) in [5.74, 6) is -0.0781. The van der Waals surface area contributed by atoms with Gasteiger partial charge in [-0.05, 0) is 40.3 Å². The molecule has 0 heterocycles. The van der Waals surface area contributed by atoms with E-state index in [-0.39, 0.29) is 30.4 Å². The summed E-state index contributed by atoms with van der Waals surface area (Å²) in [5.41, 5.74) is 2.04. The van der Waals surface area contributed by atoms with Crippen molar-refractivity contribution in [3.8, 4) is 0 Å². The molecule has 23 heavy (non-hydrogen) atoms. The molecule has 0 spiro atoms. The van der Waals surface area contributed by atoms with E-state index >= 15 is 0 Å². The maximum absolute atomic E-state index is 12.2. The molecule has 5 nitrogen and oxygen atoms in total. The number of likely N-dealkylation sites (N-methyl/N-ethyl adjacent to an activating group) is 2. The summed E-state index contributed by atoms with van der Waals surface area (Å²) in [6.45, 7) is 8.85. The lowest BCUT2D eigenvalue weighted by Crippen LogP contribution is -2.46. The number of benzene rings is 1. The van der Waals surface area contributed by atoms with E-state index in [1.54, 1.807) is 23.9 Å². The lowest BCUT2D eigenvalue weighted by molar-refractivity contribution is -0.132. The molecule has 0 aliphatic carbocycles. The van der Waals surface area contributed by atoms with Gasteiger partial charge in [0.05, 0.1) is 13.1 Å². The average molecular weight is 319 g/mol. The number of carbonyl (C=O) groups excluding carboxylic acids is 2. The van der Waals surface area contributed by atoms with E-state index in [4.69, 9.17) is 0 Å². The van der Waals surface area contributed by atoms with Crippen molar-refractivity contribution in [2.24, 2.45) is 0 Å². The Bertz CT molecular complexity index is 532. The van der Waals surface area contributed by atoms with E-state index in [2.05, 4.69) is 5.32 Å². The molecule has 1 aromatic rings. The fourth-order valence-electron chi connectivity index (χ4n) is 2.17. The third-order valence-electron chi connectivity index (χ3n) is 3.30. The number of nitrogens with one attached hydrogen (secondary N) is 1. The summed E-state index contributed by atoms with van der Waals surface area (Å²) in [5, 5.41) is 2.89. The third-order valence-corrected chi connectivity index (χ3v) is 3.30. The molecule has 0 atom stereocenters. The monoisotopic (exact) mass is 319 g/mol. The lowest BCUT2D eigenvalue weighted by Gasteiger charge is -2.24. The predicted octanol–water partition coefficient (Wildman–Crippen LogP) is 1.80. The summed E-state index contributed by atoms with van der Waals surface area (Å²) in [6.07, 6.45) is 0. The first-order valence-corrected chi connectivity index (χ1v) is 7.86. The first-order chi connectivity index (χ1) is 10.6. The van der Waals surface area contributed by atoms with Crippen LogP contribution in [-0.2, 0) is 16.1 Å². The van der Waals surface area contributed by atoms with Gasteiger partial charge in [-0.2, -0.15) is 0 Å². The van der Waals surface area contributed by atoms with Crippen LogP contribution in [0.15, 0.2) is 24.3 Å². The van der Waals surface area contributed by atoms with Crippen LogP contribution in [0, 0.1) is 6.92 Å². The quantitative estimate of drug-likeness (QED) is 0.870. The second kappa shape index (κ2) is 8.11. The van der Waals surface area contributed by atoms with Crippen molar-refractivity contribution in [2.75, 3.05) is 27.2 Å². The van der Waals surface area contributed by atoms with Crippen LogP contribution in [0.4, 0.5) is 0 Å². The molecular formula is C18H29N3O2. The number of rotatable bonds is 6. The van der Waals surface area contributed by atoms with Crippen molar-refractivity contribution in [3.05, 3.63) is 35.4 Å². The molecular weight excluding hydrogens is 290 g/mol. The molecule has 0 aromatic heterocycles. The fourth-order valence-corrected chi connectivity index (χ4v) is 2.17. The van der Waals surface area contributed by atoms with Gasteiger partial charge in [-0.1, -0.05) is 29.8 Å². The van der Waals surface area contributed by atoms with Crippen LogP contribution in [0.5, 0.6) is 0 Å². The van der Waals surface area contributed by atoms with Crippen molar-refractivity contribution in [1.82, 2.24) is 15.1 Å². The number of carbonyl (C=O) groups is 2. The average Bonchev–Trinajstić information content (AvgIpc) is 2.38. The van der Waals surface area contributed by atoms with E-state index in [9.17, 15) is 9.59 Å². The van der Waals surface area contributed by atoms with Gasteiger partial charge in [0, 0.05) is 19.1 Å². The summed E-state index contributed by atoms with van der Waals surface area (Å²) in [7, 11) is 3.56. The Balaban J connectivity index is 2.44. The maximum atomic E-state index is 12.2. The topological polar surface area (TPSA) is 52.7 Å². The van der Waals surface area contributed by atoms with Crippen molar-refractivity contribution in [1.29, 1.82) is 0 Å². The van der Waals surface area contributed by atoms with Gasteiger partial charge in [-0.15, -0.1) is 0 Å². The maximum Gasteiger partial charge on any atom is 0.236 e. The second-order valence-corrected chi connectivity index (χ2v) is 7.21. The Morgan fingerprint density at radius 1 is 1.04 bits per heavy atom. The first kappa shape index (κ1) is 19.2. The first-order valence-electron chi connectivity index (χ1n) is 7.86. The van der Waals surface area contributed by atoms with Crippen molar-refractivity contribution in [3.63, 3.8) is 0 Å². The number of amides is 2. The standard InChI is InChI=1S/C18H29N3O2/c1-14-7-9-15(10-8-14)11-21(6)17(23)13-20(5)12-16(22)19-18(2,3)4/h7-10H,11-13H2,1-6H3,(H,19,22). The highest BCUT2D eigenvalue weighted by Crippen LogP contribution is 2.06. The molecule has 2 amide bonds. The zero-order valence-electron chi connectivity index (χ0n) is 15.1. The molecule has 1 N–H and O–H groups in total. The Morgan fingerprint density at radius 3 is 2.13 bits per heavy atom.